The lowest BCUT2D eigenvalue weighted by molar-refractivity contribution is 0.527. The van der Waals surface area contributed by atoms with Crippen molar-refractivity contribution in [3.05, 3.63) is 0 Å². The molecule has 0 heterocycles. The summed E-state index contributed by atoms with van der Waals surface area (Å²) in [7, 11) is -1.01. The Kier molecular flexibility index (Phi) is 3.00. The van der Waals surface area contributed by atoms with Gasteiger partial charge in [-0.25, -0.2) is 0 Å². The molecule has 0 bridgehead atoms. The number of rotatable bonds is 2. The summed E-state index contributed by atoms with van der Waals surface area (Å²) in [4.78, 5) is 0. The highest BCUT2D eigenvalue weighted by Gasteiger charge is 2.01. The van der Waals surface area contributed by atoms with Gasteiger partial charge >= 0.3 is 7.19 Å². The fraction of sp³-hybridized carbons (Fsp3) is 0. The van der Waals surface area contributed by atoms with Crippen molar-refractivity contribution in [2.24, 2.45) is 11.7 Å². The molecule has 0 aliphatic rings. The van der Waals surface area contributed by atoms with Crippen molar-refractivity contribution in [3.63, 3.8) is 0 Å². The van der Waals surface area contributed by atoms with Crippen LogP contribution in [0.25, 0.3) is 0 Å². The van der Waals surface area contributed by atoms with Gasteiger partial charge in [0.25, 0.3) is 0 Å². The SMILES string of the molecule is NNB(O)NN. The van der Waals surface area contributed by atoms with Crippen molar-refractivity contribution >= 4 is 7.19 Å². The maximum atomic E-state index is 8.19. The van der Waals surface area contributed by atoms with Crippen LogP contribution in [0.2, 0.25) is 0 Å². The first-order valence-corrected chi connectivity index (χ1v) is 1.41. The molecule has 0 aromatic carbocycles. The van der Waals surface area contributed by atoms with E-state index in [4.69, 9.17) is 5.02 Å². The molecule has 0 saturated carbocycles. The molecule has 0 rings (SSSR count). The van der Waals surface area contributed by atoms with E-state index >= 15 is 0 Å². The van der Waals surface area contributed by atoms with Crippen molar-refractivity contribution < 1.29 is 5.02 Å². The number of hydrogen-bond donors (Lipinski definition) is 5. The van der Waals surface area contributed by atoms with E-state index in [1.807, 2.05) is 10.7 Å². The van der Waals surface area contributed by atoms with Gasteiger partial charge in [0, 0.05) is 0 Å². The van der Waals surface area contributed by atoms with Crippen LogP contribution in [0, 0.1) is 0 Å². The molecule has 0 aliphatic carbocycles. The molecule has 0 spiro atoms. The first-order chi connectivity index (χ1) is 2.81. The van der Waals surface area contributed by atoms with E-state index in [1.54, 1.807) is 0 Å². The third-order valence-electron chi connectivity index (χ3n) is 0.316. The second-order valence-corrected chi connectivity index (χ2v) is 0.736. The van der Waals surface area contributed by atoms with Gasteiger partial charge in [-0.2, -0.15) is 0 Å². The molecule has 0 amide bonds. The summed E-state index contributed by atoms with van der Waals surface area (Å²) in [6.45, 7) is 0. The van der Waals surface area contributed by atoms with E-state index < -0.39 is 7.19 Å². The van der Waals surface area contributed by atoms with Crippen LogP contribution in [0.5, 0.6) is 0 Å². The molecule has 0 saturated heterocycles. The van der Waals surface area contributed by atoms with E-state index in [1.165, 1.54) is 0 Å². The van der Waals surface area contributed by atoms with Crippen LogP contribution in [-0.4, -0.2) is 12.2 Å². The molecule has 0 unspecified atom stereocenters. The molecule has 0 atom stereocenters. The number of hydrogen-bond acceptors (Lipinski definition) is 5. The van der Waals surface area contributed by atoms with Crippen molar-refractivity contribution in [2.75, 3.05) is 0 Å². The zero-order valence-corrected chi connectivity index (χ0v) is 3.18. The van der Waals surface area contributed by atoms with Gasteiger partial charge in [0.15, 0.2) is 0 Å². The lowest BCUT2D eigenvalue weighted by Gasteiger charge is -1.96. The summed E-state index contributed by atoms with van der Waals surface area (Å²) in [5.41, 5.74) is 0. The Labute approximate surface area is 35.8 Å². The fourth-order valence-electron chi connectivity index (χ4n) is 0.0481. The Hall–Kier alpha value is -0.135. The van der Waals surface area contributed by atoms with Crippen molar-refractivity contribution in [2.45, 2.75) is 0 Å². The summed E-state index contributed by atoms with van der Waals surface area (Å²) in [6.07, 6.45) is 0. The third kappa shape index (κ3) is 2.12. The lowest BCUT2D eigenvalue weighted by atomic mass is 10.1. The number of nitrogens with two attached hydrogens (primary N) is 2. The van der Waals surface area contributed by atoms with Gasteiger partial charge in [-0.15, -0.1) is 0 Å². The van der Waals surface area contributed by atoms with Gasteiger partial charge < -0.3 is 5.02 Å². The quantitative estimate of drug-likeness (QED) is 0.140. The average Bonchev–Trinajstić information content (AvgIpc) is 1.65. The second-order valence-electron chi connectivity index (χ2n) is 0.736. The lowest BCUT2D eigenvalue weighted by Crippen LogP contribution is -2.54. The van der Waals surface area contributed by atoms with Gasteiger partial charge in [-0.3, -0.25) is 22.4 Å². The predicted octanol–water partition coefficient (Wildman–Crippen LogP) is -3.11. The number of hydrazine groups is 2. The molecule has 0 aromatic heterocycles. The minimum atomic E-state index is -1.01. The Morgan fingerprint density at radius 2 is 1.67 bits per heavy atom. The summed E-state index contributed by atoms with van der Waals surface area (Å²) in [5, 5.41) is 12.1. The highest BCUT2D eigenvalue weighted by molar-refractivity contribution is 6.43. The van der Waals surface area contributed by atoms with Crippen LogP contribution in [0.3, 0.4) is 0 Å². The molecule has 36 valence electrons. The van der Waals surface area contributed by atoms with Crippen molar-refractivity contribution in [1.82, 2.24) is 10.7 Å². The summed E-state index contributed by atoms with van der Waals surface area (Å²) in [5.74, 6) is 9.28. The summed E-state index contributed by atoms with van der Waals surface area (Å²) < 4.78 is 0. The molecule has 5 nitrogen and oxygen atoms in total. The normalized spacial score (nSPS) is 8.50. The van der Waals surface area contributed by atoms with Gasteiger partial charge in [-0.05, 0) is 0 Å². The summed E-state index contributed by atoms with van der Waals surface area (Å²) >= 11 is 0. The van der Waals surface area contributed by atoms with E-state index in [0.717, 1.165) is 0 Å². The van der Waals surface area contributed by atoms with Gasteiger partial charge in [0.2, 0.25) is 0 Å². The first-order valence-electron chi connectivity index (χ1n) is 1.41. The van der Waals surface area contributed by atoms with E-state index in [-0.39, 0.29) is 0 Å². The fourth-order valence-corrected chi connectivity index (χ4v) is 0.0481. The van der Waals surface area contributed by atoms with Crippen LogP contribution < -0.4 is 22.4 Å². The standard InChI is InChI=1S/BH7N4O/c2-4-1(6)5-3/h4-6H,2-3H2. The minimum absolute atomic E-state index is 1.01. The number of nitrogens with one attached hydrogen (secondary N) is 2. The molecule has 0 aliphatic heterocycles. The Morgan fingerprint density at radius 3 is 1.67 bits per heavy atom. The van der Waals surface area contributed by atoms with E-state index in [0.29, 0.717) is 0 Å². The molecule has 6 heavy (non-hydrogen) atoms. The van der Waals surface area contributed by atoms with Crippen LogP contribution in [0.4, 0.5) is 0 Å². The van der Waals surface area contributed by atoms with Crippen LogP contribution >= 0.6 is 0 Å². The van der Waals surface area contributed by atoms with E-state index in [9.17, 15) is 0 Å². The maximum Gasteiger partial charge on any atom is 0.498 e. The van der Waals surface area contributed by atoms with Gasteiger partial charge in [-0.1, -0.05) is 0 Å². The minimum Gasteiger partial charge on any atom is -0.422 e. The van der Waals surface area contributed by atoms with Crippen LogP contribution in [0.15, 0.2) is 0 Å². The van der Waals surface area contributed by atoms with E-state index in [2.05, 4.69) is 11.7 Å². The largest absolute Gasteiger partial charge is 0.498 e. The molecular weight excluding hydrogens is 82.8 g/mol. The van der Waals surface area contributed by atoms with Crippen molar-refractivity contribution in [3.8, 4) is 0 Å². The Balaban J connectivity index is 2.75. The van der Waals surface area contributed by atoms with Crippen LogP contribution in [-0.2, 0) is 0 Å². The third-order valence-corrected chi connectivity index (χ3v) is 0.316. The molecule has 6 heteroatoms. The van der Waals surface area contributed by atoms with Crippen molar-refractivity contribution in [1.29, 1.82) is 0 Å². The topological polar surface area (TPSA) is 96.3 Å². The average molecular weight is 89.9 g/mol. The van der Waals surface area contributed by atoms with Gasteiger partial charge in [0.1, 0.15) is 0 Å². The highest BCUT2D eigenvalue weighted by Crippen LogP contribution is 1.40. The second kappa shape index (κ2) is 3.07. The highest BCUT2D eigenvalue weighted by atomic mass is 16.2. The van der Waals surface area contributed by atoms with Gasteiger partial charge in [0.05, 0.1) is 0 Å². The molecule has 0 aromatic rings. The monoisotopic (exact) mass is 90.1 g/mol. The molecular formula is H7BN4O. The first kappa shape index (κ1) is 5.86. The predicted molar refractivity (Wildman–Crippen MR) is 22.6 cm³/mol. The maximum absolute atomic E-state index is 8.19. The van der Waals surface area contributed by atoms with Crippen LogP contribution in [0.1, 0.15) is 0 Å². The zero-order chi connectivity index (χ0) is 4.99. The molecule has 7 N–H and O–H groups in total. The molecule has 0 fully saturated rings. The Bertz CT molecular complexity index is 26.7. The molecule has 0 radical (unpaired) electrons. The smallest absolute Gasteiger partial charge is 0.422 e. The zero-order valence-electron chi connectivity index (χ0n) is 3.18. The summed E-state index contributed by atoms with van der Waals surface area (Å²) in [6, 6.07) is 0. The Morgan fingerprint density at radius 1 is 1.33 bits per heavy atom.